The Morgan fingerprint density at radius 2 is 1.90 bits per heavy atom. The number of hydrogen-bond acceptors (Lipinski definition) is 3. The summed E-state index contributed by atoms with van der Waals surface area (Å²) in [5.74, 6) is 0.104. The molecule has 0 saturated heterocycles. The molecule has 4 nitrogen and oxygen atoms in total. The molecule has 0 aromatic heterocycles. The summed E-state index contributed by atoms with van der Waals surface area (Å²) >= 11 is 0. The van der Waals surface area contributed by atoms with E-state index in [4.69, 9.17) is 4.74 Å². The highest BCUT2D eigenvalue weighted by Gasteiger charge is 2.28. The number of aliphatic hydroxyl groups is 1. The van der Waals surface area contributed by atoms with Crippen LogP contribution in [-0.2, 0) is 4.79 Å². The maximum atomic E-state index is 12.3. The van der Waals surface area contributed by atoms with Crippen molar-refractivity contribution >= 4 is 23.6 Å². The van der Waals surface area contributed by atoms with Gasteiger partial charge < -0.3 is 9.84 Å². The monoisotopic (exact) mass is 268 g/mol. The minimum Gasteiger partial charge on any atom is -0.500 e. The van der Waals surface area contributed by atoms with Crippen LogP contribution in [-0.4, -0.2) is 18.1 Å². The van der Waals surface area contributed by atoms with Crippen molar-refractivity contribution in [3.8, 4) is 5.75 Å². The molecule has 1 unspecified atom stereocenters. The number of carbonyl (C=O) groups is 1. The first-order valence-electron chi connectivity index (χ1n) is 6.27. The summed E-state index contributed by atoms with van der Waals surface area (Å²) in [6, 6.07) is 14.5. The van der Waals surface area contributed by atoms with Crippen LogP contribution in [0.25, 0.3) is 12.0 Å². The molecule has 0 fully saturated rings. The van der Waals surface area contributed by atoms with E-state index in [2.05, 4.69) is 0 Å². The van der Waals surface area contributed by atoms with E-state index in [1.54, 1.807) is 31.5 Å². The predicted molar refractivity (Wildman–Crippen MR) is 74.8 cm³/mol. The highest BCUT2D eigenvalue weighted by atomic mass is 16.5. The molecule has 1 aliphatic rings. The molecule has 0 radical (unpaired) electrons. The van der Waals surface area contributed by atoms with Crippen molar-refractivity contribution in [2.24, 2.45) is 0 Å². The third-order valence-corrected chi connectivity index (χ3v) is 3.36. The molecule has 100 valence electrons. The van der Waals surface area contributed by atoms with Gasteiger partial charge in [0, 0.05) is 22.6 Å². The molecule has 2 aromatic rings. The van der Waals surface area contributed by atoms with Crippen LogP contribution >= 0.6 is 0 Å². The Morgan fingerprint density at radius 3 is 2.70 bits per heavy atom. The minimum absolute atomic E-state index is 0.207. The molecule has 1 amide bonds. The molecule has 0 saturated carbocycles. The standard InChI is InChI=1S/C16H13NO3/c1-20-13-7-4-6-12(9-13)17-10-11-5-2-3-8-14(11)15(18)16(17)19/h2-10,18H,1H3/p+1. The van der Waals surface area contributed by atoms with E-state index < -0.39 is 0 Å². The van der Waals surface area contributed by atoms with Crippen LogP contribution in [0, 0.1) is 0 Å². The Balaban J connectivity index is 2.17. The van der Waals surface area contributed by atoms with Crippen molar-refractivity contribution < 1.29 is 19.5 Å². The average molecular weight is 268 g/mol. The second kappa shape index (κ2) is 4.83. The number of nitrogens with one attached hydrogen (secondary N) is 1. The van der Waals surface area contributed by atoms with Gasteiger partial charge in [-0.2, -0.15) is 0 Å². The number of methoxy groups -OCH3 is 1. The molecule has 0 aliphatic carbocycles. The van der Waals surface area contributed by atoms with E-state index in [1.807, 2.05) is 30.3 Å². The first-order valence-corrected chi connectivity index (χ1v) is 6.27. The normalized spacial score (nSPS) is 17.4. The maximum Gasteiger partial charge on any atom is 0.389 e. The molecular formula is C16H14NO3+. The summed E-state index contributed by atoms with van der Waals surface area (Å²) in [7, 11) is 1.58. The number of fused-ring (bicyclic) bond motifs is 1. The lowest BCUT2D eigenvalue weighted by molar-refractivity contribution is -0.652. The zero-order chi connectivity index (χ0) is 14.1. The highest BCUT2D eigenvalue weighted by Crippen LogP contribution is 2.14. The van der Waals surface area contributed by atoms with E-state index in [0.29, 0.717) is 15.9 Å². The number of amides is 1. The summed E-state index contributed by atoms with van der Waals surface area (Å²) in [4.78, 5) is 12.8. The van der Waals surface area contributed by atoms with Crippen LogP contribution in [0.5, 0.6) is 5.75 Å². The molecule has 0 spiro atoms. The smallest absolute Gasteiger partial charge is 0.389 e. The largest absolute Gasteiger partial charge is 0.500 e. The van der Waals surface area contributed by atoms with Crippen LogP contribution in [0.15, 0.2) is 48.5 Å². The Kier molecular flexibility index (Phi) is 3.00. The summed E-state index contributed by atoms with van der Waals surface area (Å²) in [5.41, 5.74) is 0.732. The molecule has 4 heteroatoms. The van der Waals surface area contributed by atoms with Crippen LogP contribution in [0.3, 0.4) is 0 Å². The molecule has 3 rings (SSSR count). The SMILES string of the molecule is COc1cccc([NH+]2C=c3ccccc3=C(O)C2=O)c1. The fraction of sp³-hybridized carbons (Fsp3) is 0.0625. The number of carbonyl (C=O) groups excluding carboxylic acids is 1. The molecule has 1 atom stereocenters. The summed E-state index contributed by atoms with van der Waals surface area (Å²) in [5, 5.41) is 11.5. The van der Waals surface area contributed by atoms with E-state index in [-0.39, 0.29) is 11.7 Å². The lowest BCUT2D eigenvalue weighted by Crippen LogP contribution is -3.06. The third-order valence-electron chi connectivity index (χ3n) is 3.36. The molecule has 2 aromatic carbocycles. The van der Waals surface area contributed by atoms with Crippen LogP contribution in [0.1, 0.15) is 0 Å². The van der Waals surface area contributed by atoms with Gasteiger partial charge in [-0.1, -0.05) is 24.3 Å². The maximum absolute atomic E-state index is 12.3. The Morgan fingerprint density at radius 1 is 1.10 bits per heavy atom. The third kappa shape index (κ3) is 1.96. The van der Waals surface area contributed by atoms with Gasteiger partial charge in [-0.25, -0.2) is 9.69 Å². The van der Waals surface area contributed by atoms with Gasteiger partial charge >= 0.3 is 5.91 Å². The second-order valence-electron chi connectivity index (χ2n) is 4.55. The molecule has 0 bridgehead atoms. The predicted octanol–water partition coefficient (Wildman–Crippen LogP) is -0.144. The molecule has 1 aliphatic heterocycles. The lowest BCUT2D eigenvalue weighted by Gasteiger charge is -2.15. The highest BCUT2D eigenvalue weighted by molar-refractivity contribution is 6.06. The van der Waals surface area contributed by atoms with Crippen LogP contribution in [0.4, 0.5) is 5.69 Å². The van der Waals surface area contributed by atoms with Crippen molar-refractivity contribution in [3.05, 3.63) is 59.0 Å². The van der Waals surface area contributed by atoms with E-state index in [0.717, 1.165) is 10.9 Å². The van der Waals surface area contributed by atoms with E-state index in [9.17, 15) is 9.90 Å². The first kappa shape index (κ1) is 12.4. The number of aliphatic hydroxyl groups excluding tert-OH is 1. The Bertz CT molecular complexity index is 795. The first-order chi connectivity index (χ1) is 9.70. The molecule has 20 heavy (non-hydrogen) atoms. The zero-order valence-electron chi connectivity index (χ0n) is 11.0. The Labute approximate surface area is 115 Å². The van der Waals surface area contributed by atoms with Crippen molar-refractivity contribution in [2.75, 3.05) is 7.11 Å². The summed E-state index contributed by atoms with van der Waals surface area (Å²) < 4.78 is 5.17. The van der Waals surface area contributed by atoms with E-state index >= 15 is 0 Å². The number of quaternary nitrogens is 1. The lowest BCUT2D eigenvalue weighted by atomic mass is 10.1. The van der Waals surface area contributed by atoms with Crippen LogP contribution < -0.4 is 20.1 Å². The molecule has 2 N–H and O–H groups in total. The topological polar surface area (TPSA) is 51.0 Å². The number of ether oxygens (including phenoxy) is 1. The number of benzene rings is 2. The number of rotatable bonds is 2. The van der Waals surface area contributed by atoms with Gasteiger partial charge in [0.1, 0.15) is 17.6 Å². The van der Waals surface area contributed by atoms with Crippen molar-refractivity contribution in [1.82, 2.24) is 0 Å². The fourth-order valence-corrected chi connectivity index (χ4v) is 2.31. The van der Waals surface area contributed by atoms with Crippen molar-refractivity contribution in [3.63, 3.8) is 0 Å². The van der Waals surface area contributed by atoms with E-state index in [1.165, 1.54) is 0 Å². The van der Waals surface area contributed by atoms with Crippen molar-refractivity contribution in [1.29, 1.82) is 0 Å². The summed E-state index contributed by atoms with van der Waals surface area (Å²) in [6.07, 6.45) is 1.80. The van der Waals surface area contributed by atoms with Crippen LogP contribution in [0.2, 0.25) is 0 Å². The van der Waals surface area contributed by atoms with Gasteiger partial charge in [0.2, 0.25) is 5.76 Å². The van der Waals surface area contributed by atoms with Gasteiger partial charge in [0.05, 0.1) is 7.11 Å². The summed E-state index contributed by atoms with van der Waals surface area (Å²) in [6.45, 7) is 0. The van der Waals surface area contributed by atoms with Gasteiger partial charge in [0.15, 0.2) is 0 Å². The average Bonchev–Trinajstić information content (AvgIpc) is 2.51. The number of hydrogen-bond donors (Lipinski definition) is 2. The van der Waals surface area contributed by atoms with Gasteiger partial charge in [-0.3, -0.25) is 0 Å². The zero-order valence-corrected chi connectivity index (χ0v) is 11.0. The molecular weight excluding hydrogens is 254 g/mol. The molecule has 1 heterocycles. The van der Waals surface area contributed by atoms with Gasteiger partial charge in [-0.05, 0) is 12.1 Å². The second-order valence-corrected chi connectivity index (χ2v) is 4.55. The van der Waals surface area contributed by atoms with Gasteiger partial charge in [-0.15, -0.1) is 0 Å². The fourth-order valence-electron chi connectivity index (χ4n) is 2.31. The van der Waals surface area contributed by atoms with Crippen molar-refractivity contribution in [2.45, 2.75) is 0 Å². The quantitative estimate of drug-likeness (QED) is 0.797. The Hall–Kier alpha value is -2.59. The van der Waals surface area contributed by atoms with Gasteiger partial charge in [0.25, 0.3) is 0 Å². The minimum atomic E-state index is -0.364.